The number of rotatable bonds is 4. The van der Waals surface area contributed by atoms with Crippen molar-refractivity contribution in [1.29, 1.82) is 0 Å². The lowest BCUT2D eigenvalue weighted by molar-refractivity contribution is 0.0518. The van der Waals surface area contributed by atoms with Crippen LogP contribution in [0.2, 0.25) is 0 Å². The van der Waals surface area contributed by atoms with Crippen LogP contribution in [0.3, 0.4) is 0 Å². The Bertz CT molecular complexity index is 760. The van der Waals surface area contributed by atoms with E-state index in [0.717, 1.165) is 15.2 Å². The molecule has 0 saturated heterocycles. The molecule has 7 heteroatoms. The van der Waals surface area contributed by atoms with E-state index in [2.05, 4.69) is 15.3 Å². The first-order valence-electron chi connectivity index (χ1n) is 6.60. The van der Waals surface area contributed by atoms with Gasteiger partial charge in [0.2, 0.25) is 0 Å². The molecular weight excluding hydrogens is 288 g/mol. The molecule has 0 atom stereocenters. The minimum atomic E-state index is -0.439. The Kier molecular flexibility index (Phi) is 3.66. The minimum absolute atomic E-state index is 0.262. The molecule has 0 aliphatic rings. The van der Waals surface area contributed by atoms with Gasteiger partial charge in [0.05, 0.1) is 29.1 Å². The van der Waals surface area contributed by atoms with Crippen LogP contribution in [0.5, 0.6) is 0 Å². The summed E-state index contributed by atoms with van der Waals surface area (Å²) in [6, 6.07) is 7.97. The van der Waals surface area contributed by atoms with Gasteiger partial charge in [-0.25, -0.2) is 14.5 Å². The summed E-state index contributed by atoms with van der Waals surface area (Å²) in [5.74, 6) is -0.439. The Morgan fingerprint density at radius 1 is 1.38 bits per heavy atom. The lowest BCUT2D eigenvalue weighted by Crippen LogP contribution is -2.08. The summed E-state index contributed by atoms with van der Waals surface area (Å²) >= 11 is 1.61. The quantitative estimate of drug-likeness (QED) is 0.692. The average Bonchev–Trinajstić information content (AvgIpc) is 3.03. The van der Waals surface area contributed by atoms with Crippen molar-refractivity contribution >= 4 is 27.5 Å². The number of thiazole rings is 1. The molecule has 0 fully saturated rings. The van der Waals surface area contributed by atoms with Crippen LogP contribution in [-0.4, -0.2) is 32.6 Å². The summed E-state index contributed by atoms with van der Waals surface area (Å²) in [6.45, 7) is 4.39. The zero-order chi connectivity index (χ0) is 14.8. The van der Waals surface area contributed by atoms with E-state index < -0.39 is 5.97 Å². The molecule has 2 heterocycles. The molecule has 0 bridgehead atoms. The van der Waals surface area contributed by atoms with Crippen LogP contribution in [-0.2, 0) is 11.3 Å². The number of esters is 1. The van der Waals surface area contributed by atoms with Crippen molar-refractivity contribution in [3.8, 4) is 0 Å². The van der Waals surface area contributed by atoms with Crippen LogP contribution in [0, 0.1) is 6.92 Å². The van der Waals surface area contributed by atoms with Crippen LogP contribution in [0.25, 0.3) is 10.2 Å². The SMILES string of the molecule is CCOC(=O)c1nnn(Cc2nc3ccccc3s2)c1C. The van der Waals surface area contributed by atoms with Gasteiger partial charge in [0.25, 0.3) is 0 Å². The van der Waals surface area contributed by atoms with Crippen molar-refractivity contribution in [3.63, 3.8) is 0 Å². The predicted molar refractivity (Wildman–Crippen MR) is 79.4 cm³/mol. The highest BCUT2D eigenvalue weighted by molar-refractivity contribution is 7.18. The van der Waals surface area contributed by atoms with Crippen LogP contribution in [0.1, 0.15) is 28.1 Å². The van der Waals surface area contributed by atoms with E-state index in [4.69, 9.17) is 4.74 Å². The Morgan fingerprint density at radius 3 is 2.95 bits per heavy atom. The lowest BCUT2D eigenvalue weighted by atomic mass is 10.3. The lowest BCUT2D eigenvalue weighted by Gasteiger charge is -2.01. The van der Waals surface area contributed by atoms with Gasteiger partial charge in [-0.15, -0.1) is 16.4 Å². The maximum Gasteiger partial charge on any atom is 0.360 e. The fourth-order valence-electron chi connectivity index (χ4n) is 2.01. The first-order valence-corrected chi connectivity index (χ1v) is 7.42. The number of fused-ring (bicyclic) bond motifs is 1. The third kappa shape index (κ3) is 2.64. The number of hydrogen-bond acceptors (Lipinski definition) is 6. The Balaban J connectivity index is 1.86. The fourth-order valence-corrected chi connectivity index (χ4v) is 2.96. The first kappa shape index (κ1) is 13.7. The number of hydrogen-bond donors (Lipinski definition) is 0. The van der Waals surface area contributed by atoms with Gasteiger partial charge in [-0.05, 0) is 26.0 Å². The summed E-state index contributed by atoms with van der Waals surface area (Å²) in [6.07, 6.45) is 0. The maximum absolute atomic E-state index is 11.7. The topological polar surface area (TPSA) is 69.9 Å². The van der Waals surface area contributed by atoms with Crippen LogP contribution < -0.4 is 0 Å². The van der Waals surface area contributed by atoms with Gasteiger partial charge in [0.15, 0.2) is 5.69 Å². The van der Waals surface area contributed by atoms with Crippen molar-refractivity contribution in [1.82, 2.24) is 20.0 Å². The van der Waals surface area contributed by atoms with E-state index in [1.54, 1.807) is 29.9 Å². The molecule has 0 radical (unpaired) electrons. The van der Waals surface area contributed by atoms with Gasteiger partial charge in [-0.3, -0.25) is 0 Å². The second-order valence-electron chi connectivity index (χ2n) is 4.48. The molecule has 0 unspecified atom stereocenters. The molecule has 0 saturated carbocycles. The number of ether oxygens (including phenoxy) is 1. The molecule has 2 aromatic heterocycles. The van der Waals surface area contributed by atoms with E-state index >= 15 is 0 Å². The van der Waals surface area contributed by atoms with E-state index in [1.807, 2.05) is 24.3 Å². The predicted octanol–water partition coefficient (Wildman–Crippen LogP) is 2.42. The van der Waals surface area contributed by atoms with Crippen molar-refractivity contribution in [2.24, 2.45) is 0 Å². The molecule has 3 rings (SSSR count). The third-order valence-corrected chi connectivity index (χ3v) is 4.10. The van der Waals surface area contributed by atoms with Crippen molar-refractivity contribution in [2.45, 2.75) is 20.4 Å². The third-order valence-electron chi connectivity index (χ3n) is 3.07. The molecular formula is C14H14N4O2S. The van der Waals surface area contributed by atoms with E-state index in [-0.39, 0.29) is 5.69 Å². The largest absolute Gasteiger partial charge is 0.461 e. The second kappa shape index (κ2) is 5.61. The molecule has 0 aliphatic carbocycles. The van der Waals surface area contributed by atoms with E-state index in [9.17, 15) is 4.79 Å². The van der Waals surface area contributed by atoms with E-state index in [1.165, 1.54) is 0 Å². The summed E-state index contributed by atoms with van der Waals surface area (Å²) in [5.41, 5.74) is 1.92. The number of aromatic nitrogens is 4. The van der Waals surface area contributed by atoms with Crippen molar-refractivity contribution < 1.29 is 9.53 Å². The van der Waals surface area contributed by atoms with Gasteiger partial charge < -0.3 is 4.74 Å². The smallest absolute Gasteiger partial charge is 0.360 e. The van der Waals surface area contributed by atoms with Gasteiger partial charge in [0, 0.05) is 0 Å². The fraction of sp³-hybridized carbons (Fsp3) is 0.286. The zero-order valence-corrected chi connectivity index (χ0v) is 12.6. The average molecular weight is 302 g/mol. The number of carbonyl (C=O) groups is 1. The number of carbonyl (C=O) groups excluding carboxylic acids is 1. The molecule has 3 aromatic rings. The molecule has 108 valence electrons. The monoisotopic (exact) mass is 302 g/mol. The van der Waals surface area contributed by atoms with Crippen LogP contribution >= 0.6 is 11.3 Å². The number of nitrogens with zero attached hydrogens (tertiary/aromatic N) is 4. The molecule has 6 nitrogen and oxygen atoms in total. The highest BCUT2D eigenvalue weighted by Gasteiger charge is 2.18. The molecule has 0 N–H and O–H groups in total. The van der Waals surface area contributed by atoms with E-state index in [0.29, 0.717) is 18.8 Å². The number of para-hydroxylation sites is 1. The highest BCUT2D eigenvalue weighted by atomic mass is 32.1. The highest BCUT2D eigenvalue weighted by Crippen LogP contribution is 2.22. The Labute approximate surface area is 125 Å². The molecule has 0 spiro atoms. The summed E-state index contributed by atoms with van der Waals surface area (Å²) in [5, 5.41) is 8.85. The molecule has 0 aliphatic heterocycles. The first-order chi connectivity index (χ1) is 10.2. The Hall–Kier alpha value is -2.28. The van der Waals surface area contributed by atoms with Crippen molar-refractivity contribution in [2.75, 3.05) is 6.61 Å². The van der Waals surface area contributed by atoms with Crippen LogP contribution in [0.15, 0.2) is 24.3 Å². The van der Waals surface area contributed by atoms with Gasteiger partial charge in [-0.1, -0.05) is 17.3 Å². The molecule has 1 aromatic carbocycles. The normalized spacial score (nSPS) is 11.0. The molecule has 21 heavy (non-hydrogen) atoms. The summed E-state index contributed by atoms with van der Waals surface area (Å²) < 4.78 is 7.76. The van der Waals surface area contributed by atoms with Gasteiger partial charge in [-0.2, -0.15) is 0 Å². The van der Waals surface area contributed by atoms with Gasteiger partial charge in [0.1, 0.15) is 5.01 Å². The minimum Gasteiger partial charge on any atom is -0.461 e. The van der Waals surface area contributed by atoms with Gasteiger partial charge >= 0.3 is 5.97 Å². The summed E-state index contributed by atoms with van der Waals surface area (Å²) in [7, 11) is 0. The summed E-state index contributed by atoms with van der Waals surface area (Å²) in [4.78, 5) is 16.3. The zero-order valence-electron chi connectivity index (χ0n) is 11.7. The Morgan fingerprint density at radius 2 is 2.19 bits per heavy atom. The second-order valence-corrected chi connectivity index (χ2v) is 5.59. The van der Waals surface area contributed by atoms with Crippen LogP contribution in [0.4, 0.5) is 0 Å². The molecule has 0 amide bonds. The standard InChI is InChI=1S/C14H14N4O2S/c1-3-20-14(19)13-9(2)18(17-16-13)8-12-15-10-6-4-5-7-11(10)21-12/h4-7H,3,8H2,1-2H3. The number of benzene rings is 1. The maximum atomic E-state index is 11.7. The van der Waals surface area contributed by atoms with Crippen molar-refractivity contribution in [3.05, 3.63) is 40.7 Å².